The Morgan fingerprint density at radius 1 is 0.412 bits per heavy atom. The van der Waals surface area contributed by atoms with Gasteiger partial charge in [0.2, 0.25) is 0 Å². The largest absolute Gasteiger partial charge is 0.394 e. The van der Waals surface area contributed by atoms with Crippen LogP contribution < -0.4 is 0 Å². The van der Waals surface area contributed by atoms with Gasteiger partial charge < -0.3 is 26.6 Å². The Bertz CT molecular complexity index is 442. The average molecular weight is 540 g/mol. The molecular formula is C24H57NO6Si3. The van der Waals surface area contributed by atoms with Gasteiger partial charge in [-0.2, -0.15) is 0 Å². The minimum absolute atomic E-state index is 0.114. The van der Waals surface area contributed by atoms with Gasteiger partial charge in [0, 0.05) is 39.6 Å². The molecule has 0 N–H and O–H groups in total. The smallest absolute Gasteiger partial charge is 0.352 e. The van der Waals surface area contributed by atoms with Crippen LogP contribution in [0.25, 0.3) is 0 Å². The van der Waals surface area contributed by atoms with Crippen LogP contribution in [0.4, 0.5) is 0 Å². The number of nitrogens with zero attached hydrogens (tertiary/aromatic N) is 1. The lowest BCUT2D eigenvalue weighted by atomic mass is 10.3. The van der Waals surface area contributed by atoms with E-state index in [4.69, 9.17) is 26.6 Å². The van der Waals surface area contributed by atoms with Gasteiger partial charge in [0.1, 0.15) is 0 Å². The van der Waals surface area contributed by atoms with Crippen molar-refractivity contribution in [1.82, 2.24) is 4.90 Å². The molecule has 0 amide bonds. The molecule has 206 valence electrons. The Hall–Kier alpha value is 0.371. The molecule has 10 heteroatoms. The maximum Gasteiger partial charge on any atom is 0.352 e. The van der Waals surface area contributed by atoms with E-state index in [0.29, 0.717) is 39.6 Å². The molecule has 0 aliphatic rings. The summed E-state index contributed by atoms with van der Waals surface area (Å²) in [5, 5.41) is 0. The zero-order chi connectivity index (χ0) is 26.4. The van der Waals surface area contributed by atoms with E-state index in [-0.39, 0.29) is 17.0 Å². The normalized spacial score (nSPS) is 16.1. The van der Waals surface area contributed by atoms with Gasteiger partial charge in [-0.25, -0.2) is 0 Å². The molecular weight excluding hydrogens is 483 g/mol. The van der Waals surface area contributed by atoms with E-state index in [0.717, 1.165) is 19.3 Å². The standard InChI is InChI=1S/C24H57NO6Si3/c1-13-22(32(10,26-16-4)27-17-5)25(23(14-2)33(11,28-18-6)29-19-7)24(15-3)34(12,30-20-8)31-21-9/h22-24H,13-21H2,1-12H3. The lowest BCUT2D eigenvalue weighted by molar-refractivity contribution is 0.0548. The van der Waals surface area contributed by atoms with Crippen LogP contribution in [0.1, 0.15) is 81.6 Å². The van der Waals surface area contributed by atoms with Gasteiger partial charge in [-0.05, 0) is 80.4 Å². The van der Waals surface area contributed by atoms with Crippen LogP contribution >= 0.6 is 0 Å². The molecule has 0 aliphatic heterocycles. The molecule has 0 heterocycles. The zero-order valence-corrected chi connectivity index (χ0v) is 27.5. The van der Waals surface area contributed by atoms with Crippen molar-refractivity contribution in [3.8, 4) is 0 Å². The van der Waals surface area contributed by atoms with E-state index >= 15 is 0 Å². The summed E-state index contributed by atoms with van der Waals surface area (Å²) < 4.78 is 39.0. The van der Waals surface area contributed by atoms with Crippen LogP contribution in [0.15, 0.2) is 0 Å². The summed E-state index contributed by atoms with van der Waals surface area (Å²) in [5.41, 5.74) is 0.341. The topological polar surface area (TPSA) is 58.6 Å². The Kier molecular flexibility index (Phi) is 17.2. The Balaban J connectivity index is 7.11. The van der Waals surface area contributed by atoms with Crippen molar-refractivity contribution in [2.45, 2.75) is 118 Å². The molecule has 0 aromatic carbocycles. The number of hydrogen-bond donors (Lipinski definition) is 0. The summed E-state index contributed by atoms with van der Waals surface area (Å²) >= 11 is 0. The summed E-state index contributed by atoms with van der Waals surface area (Å²) in [5.74, 6) is 0. The van der Waals surface area contributed by atoms with Gasteiger partial charge in [0.15, 0.2) is 0 Å². The van der Waals surface area contributed by atoms with Crippen molar-refractivity contribution in [3.05, 3.63) is 0 Å². The molecule has 0 radical (unpaired) electrons. The van der Waals surface area contributed by atoms with Crippen molar-refractivity contribution < 1.29 is 26.6 Å². The summed E-state index contributed by atoms with van der Waals surface area (Å²) in [4.78, 5) is 2.66. The quantitative estimate of drug-likeness (QED) is 0.174. The van der Waals surface area contributed by atoms with Crippen molar-refractivity contribution in [3.63, 3.8) is 0 Å². The molecule has 0 saturated carbocycles. The van der Waals surface area contributed by atoms with E-state index in [1.165, 1.54) is 0 Å². The summed E-state index contributed by atoms with van der Waals surface area (Å²) in [6.07, 6.45) is 2.75. The summed E-state index contributed by atoms with van der Waals surface area (Å²) in [6.45, 7) is 29.6. The third-order valence-electron chi connectivity index (χ3n) is 6.64. The van der Waals surface area contributed by atoms with Gasteiger partial charge in [-0.3, -0.25) is 4.90 Å². The SMILES string of the molecule is CCO[Si](C)(OCC)C(CC)N(C(CC)[Si](C)(OCC)OCC)C(CC)[Si](C)(OCC)OCC. The molecule has 0 aliphatic carbocycles. The molecule has 3 atom stereocenters. The van der Waals surface area contributed by atoms with E-state index in [1.807, 2.05) is 0 Å². The highest BCUT2D eigenvalue weighted by atomic mass is 28.4. The van der Waals surface area contributed by atoms with Crippen LogP contribution in [-0.4, -0.2) is 87.2 Å². The fourth-order valence-electron chi connectivity index (χ4n) is 5.63. The highest BCUT2D eigenvalue weighted by Crippen LogP contribution is 2.35. The third kappa shape index (κ3) is 8.74. The van der Waals surface area contributed by atoms with Crippen molar-refractivity contribution >= 4 is 25.7 Å². The highest BCUT2D eigenvalue weighted by Gasteiger charge is 2.57. The van der Waals surface area contributed by atoms with Gasteiger partial charge >= 0.3 is 25.7 Å². The van der Waals surface area contributed by atoms with Crippen LogP contribution in [0.3, 0.4) is 0 Å². The Morgan fingerprint density at radius 3 is 0.706 bits per heavy atom. The predicted octanol–water partition coefficient (Wildman–Crippen LogP) is 5.68. The van der Waals surface area contributed by atoms with E-state index in [2.05, 4.69) is 86.9 Å². The van der Waals surface area contributed by atoms with Crippen LogP contribution in [0.2, 0.25) is 19.6 Å². The molecule has 7 nitrogen and oxygen atoms in total. The highest BCUT2D eigenvalue weighted by molar-refractivity contribution is 6.71. The molecule has 0 aromatic heterocycles. The second-order valence-corrected chi connectivity index (χ2v) is 18.7. The van der Waals surface area contributed by atoms with Crippen molar-refractivity contribution in [2.24, 2.45) is 0 Å². The fraction of sp³-hybridized carbons (Fsp3) is 1.00. The molecule has 0 aromatic rings. The van der Waals surface area contributed by atoms with E-state index < -0.39 is 25.7 Å². The summed E-state index contributed by atoms with van der Waals surface area (Å²) in [6, 6.07) is 0. The number of rotatable bonds is 21. The van der Waals surface area contributed by atoms with Crippen LogP contribution in [0, 0.1) is 0 Å². The van der Waals surface area contributed by atoms with Crippen LogP contribution in [0.5, 0.6) is 0 Å². The first-order valence-corrected chi connectivity index (χ1v) is 20.9. The van der Waals surface area contributed by atoms with E-state index in [1.54, 1.807) is 0 Å². The van der Waals surface area contributed by atoms with Gasteiger partial charge in [-0.1, -0.05) is 20.8 Å². The second-order valence-electron chi connectivity index (χ2n) is 8.87. The minimum atomic E-state index is -2.60. The first-order chi connectivity index (χ1) is 16.1. The molecule has 0 fully saturated rings. The molecule has 3 unspecified atom stereocenters. The Labute approximate surface area is 214 Å². The van der Waals surface area contributed by atoms with Gasteiger partial charge in [0.05, 0.1) is 17.0 Å². The lowest BCUT2D eigenvalue weighted by Gasteiger charge is -2.53. The number of hydrogen-bond acceptors (Lipinski definition) is 7. The molecule has 0 spiro atoms. The lowest BCUT2D eigenvalue weighted by Crippen LogP contribution is -2.74. The Morgan fingerprint density at radius 2 is 0.588 bits per heavy atom. The average Bonchev–Trinajstić information content (AvgIpc) is 2.75. The molecule has 0 bridgehead atoms. The molecule has 0 rings (SSSR count). The maximum absolute atomic E-state index is 6.50. The van der Waals surface area contributed by atoms with Crippen molar-refractivity contribution in [1.29, 1.82) is 0 Å². The molecule has 0 saturated heterocycles. The predicted molar refractivity (Wildman–Crippen MR) is 149 cm³/mol. The van der Waals surface area contributed by atoms with Gasteiger partial charge in [0.25, 0.3) is 0 Å². The monoisotopic (exact) mass is 539 g/mol. The first-order valence-electron chi connectivity index (χ1n) is 13.7. The minimum Gasteiger partial charge on any atom is -0.394 e. The van der Waals surface area contributed by atoms with E-state index in [9.17, 15) is 0 Å². The first kappa shape index (κ1) is 34.4. The van der Waals surface area contributed by atoms with Gasteiger partial charge in [-0.15, -0.1) is 0 Å². The van der Waals surface area contributed by atoms with Crippen molar-refractivity contribution in [2.75, 3.05) is 39.6 Å². The van der Waals surface area contributed by atoms with Crippen LogP contribution in [-0.2, 0) is 26.6 Å². The molecule has 34 heavy (non-hydrogen) atoms. The second kappa shape index (κ2) is 17.0. The third-order valence-corrected chi connectivity index (χ3v) is 17.6. The fourth-order valence-corrected chi connectivity index (χ4v) is 15.9. The zero-order valence-electron chi connectivity index (χ0n) is 24.5. The summed E-state index contributed by atoms with van der Waals surface area (Å²) in [7, 11) is -7.80. The maximum atomic E-state index is 6.50.